The molecule has 0 bridgehead atoms. The van der Waals surface area contributed by atoms with Crippen molar-refractivity contribution in [1.29, 1.82) is 0 Å². The van der Waals surface area contributed by atoms with E-state index < -0.39 is 11.2 Å². The molecule has 3 rings (SSSR count). The van der Waals surface area contributed by atoms with Gasteiger partial charge in [-0.2, -0.15) is 0 Å². The van der Waals surface area contributed by atoms with Crippen LogP contribution in [0.15, 0.2) is 65.6 Å². The van der Waals surface area contributed by atoms with Crippen molar-refractivity contribution >= 4 is 29.5 Å². The largest absolute Gasteiger partial charge is 0.454 e. The third-order valence-corrected chi connectivity index (χ3v) is 6.15. The van der Waals surface area contributed by atoms with Crippen molar-refractivity contribution in [1.82, 2.24) is 4.90 Å². The molecule has 0 aliphatic carbocycles. The molecular weight excluding hydrogens is 388 g/mol. The quantitative estimate of drug-likeness (QED) is 0.558. The average molecular weight is 413 g/mol. The van der Waals surface area contributed by atoms with Crippen LogP contribution in [0.4, 0.5) is 0 Å². The summed E-state index contributed by atoms with van der Waals surface area (Å²) in [6.07, 6.45) is 1.09. The molecule has 6 nitrogen and oxygen atoms in total. The van der Waals surface area contributed by atoms with Gasteiger partial charge in [-0.25, -0.2) is 0 Å². The van der Waals surface area contributed by atoms with Gasteiger partial charge in [0.05, 0.1) is 0 Å². The van der Waals surface area contributed by atoms with Crippen molar-refractivity contribution in [3.8, 4) is 0 Å². The first-order chi connectivity index (χ1) is 14.0. The van der Waals surface area contributed by atoms with Crippen molar-refractivity contribution in [2.45, 2.75) is 23.0 Å². The highest BCUT2D eigenvalue weighted by molar-refractivity contribution is 8.00. The summed E-state index contributed by atoms with van der Waals surface area (Å²) < 4.78 is 5.38. The Balaban J connectivity index is 1.60. The first-order valence-corrected chi connectivity index (χ1v) is 10.4. The van der Waals surface area contributed by atoms with E-state index in [1.807, 2.05) is 60.7 Å². The molecule has 1 fully saturated rings. The van der Waals surface area contributed by atoms with Gasteiger partial charge in [0.1, 0.15) is 5.25 Å². The van der Waals surface area contributed by atoms with Crippen LogP contribution >= 0.6 is 11.8 Å². The van der Waals surface area contributed by atoms with Gasteiger partial charge in [0, 0.05) is 23.9 Å². The van der Waals surface area contributed by atoms with Gasteiger partial charge in [-0.15, -0.1) is 11.8 Å². The van der Waals surface area contributed by atoms with E-state index in [0.29, 0.717) is 25.9 Å². The molecule has 1 heterocycles. The van der Waals surface area contributed by atoms with E-state index >= 15 is 0 Å². The summed E-state index contributed by atoms with van der Waals surface area (Å²) in [6, 6.07) is 19.0. The number of esters is 1. The number of piperidine rings is 1. The van der Waals surface area contributed by atoms with Crippen molar-refractivity contribution < 1.29 is 19.1 Å². The van der Waals surface area contributed by atoms with Gasteiger partial charge < -0.3 is 15.4 Å². The molecule has 0 radical (unpaired) electrons. The Labute approximate surface area is 174 Å². The molecule has 1 atom stereocenters. The van der Waals surface area contributed by atoms with E-state index in [2.05, 4.69) is 0 Å². The summed E-state index contributed by atoms with van der Waals surface area (Å²) in [4.78, 5) is 39.0. The third-order valence-electron chi connectivity index (χ3n) is 4.90. The number of ether oxygens (including phenoxy) is 1. The van der Waals surface area contributed by atoms with E-state index in [4.69, 9.17) is 10.5 Å². The van der Waals surface area contributed by atoms with Crippen LogP contribution in [0, 0.1) is 5.92 Å². The fraction of sp³-hybridized carbons (Fsp3) is 0.318. The molecule has 2 aromatic rings. The third kappa shape index (κ3) is 5.84. The number of carbonyl (C=O) groups excluding carboxylic acids is 3. The number of nitrogens with two attached hydrogens (primary N) is 1. The molecule has 0 saturated carbocycles. The van der Waals surface area contributed by atoms with Gasteiger partial charge in [-0.3, -0.25) is 14.4 Å². The van der Waals surface area contributed by atoms with Crippen molar-refractivity contribution in [3.63, 3.8) is 0 Å². The number of primary amides is 1. The lowest BCUT2D eigenvalue weighted by molar-refractivity contribution is -0.152. The van der Waals surface area contributed by atoms with Crippen LogP contribution in [0.5, 0.6) is 0 Å². The molecular formula is C22H24N2O4S. The first kappa shape index (κ1) is 20.9. The first-order valence-electron chi connectivity index (χ1n) is 9.55. The van der Waals surface area contributed by atoms with Crippen LogP contribution in [-0.4, -0.2) is 42.4 Å². The molecule has 152 valence electrons. The van der Waals surface area contributed by atoms with Crippen molar-refractivity contribution in [2.24, 2.45) is 11.7 Å². The maximum atomic E-state index is 12.8. The lowest BCUT2D eigenvalue weighted by Gasteiger charge is -2.30. The summed E-state index contributed by atoms with van der Waals surface area (Å²) >= 11 is 1.39. The molecule has 1 aliphatic rings. The van der Waals surface area contributed by atoms with Gasteiger partial charge in [-0.1, -0.05) is 48.5 Å². The van der Waals surface area contributed by atoms with Gasteiger partial charge in [0.15, 0.2) is 6.61 Å². The van der Waals surface area contributed by atoms with E-state index in [1.165, 1.54) is 11.8 Å². The number of benzene rings is 2. The predicted molar refractivity (Wildman–Crippen MR) is 111 cm³/mol. The number of amides is 2. The Kier molecular flexibility index (Phi) is 7.30. The Morgan fingerprint density at radius 3 is 2.17 bits per heavy atom. The molecule has 1 saturated heterocycles. The minimum atomic E-state index is -0.563. The monoisotopic (exact) mass is 412 g/mol. The summed E-state index contributed by atoms with van der Waals surface area (Å²) in [5.74, 6) is -1.22. The molecule has 2 amide bonds. The zero-order chi connectivity index (χ0) is 20.6. The van der Waals surface area contributed by atoms with Gasteiger partial charge in [0.25, 0.3) is 5.91 Å². The molecule has 1 aliphatic heterocycles. The molecule has 0 unspecified atom stereocenters. The molecule has 2 aromatic carbocycles. The van der Waals surface area contributed by atoms with Crippen molar-refractivity contribution in [3.05, 3.63) is 66.2 Å². The summed E-state index contributed by atoms with van der Waals surface area (Å²) in [5.41, 5.74) is 6.15. The minimum absolute atomic E-state index is 0.189. The van der Waals surface area contributed by atoms with Gasteiger partial charge >= 0.3 is 5.97 Å². The number of hydrogen-bond donors (Lipinski definition) is 1. The van der Waals surface area contributed by atoms with Crippen LogP contribution in [-0.2, 0) is 19.1 Å². The Hall–Kier alpha value is -2.80. The highest BCUT2D eigenvalue weighted by atomic mass is 32.2. The SMILES string of the molecule is NC(=O)C1CCN(C(=O)COC(=O)[C@H](Sc2ccccc2)c2ccccc2)CC1. The fourth-order valence-electron chi connectivity index (χ4n) is 3.23. The van der Waals surface area contributed by atoms with Crippen LogP contribution in [0.3, 0.4) is 0 Å². The van der Waals surface area contributed by atoms with Crippen LogP contribution in [0.1, 0.15) is 23.7 Å². The summed E-state index contributed by atoms with van der Waals surface area (Å²) in [6.45, 7) is 0.592. The number of carbonyl (C=O) groups is 3. The zero-order valence-electron chi connectivity index (χ0n) is 16.0. The minimum Gasteiger partial charge on any atom is -0.454 e. The van der Waals surface area contributed by atoms with E-state index in [0.717, 1.165) is 10.5 Å². The second kappa shape index (κ2) is 10.1. The number of nitrogens with zero attached hydrogens (tertiary/aromatic N) is 1. The van der Waals surface area contributed by atoms with Gasteiger partial charge in [0.2, 0.25) is 5.91 Å². The average Bonchev–Trinajstić information content (AvgIpc) is 2.77. The van der Waals surface area contributed by atoms with Crippen LogP contribution < -0.4 is 5.73 Å². The molecule has 2 N–H and O–H groups in total. The van der Waals surface area contributed by atoms with Crippen LogP contribution in [0.25, 0.3) is 0 Å². The summed E-state index contributed by atoms with van der Waals surface area (Å²) in [5, 5.41) is -0.563. The summed E-state index contributed by atoms with van der Waals surface area (Å²) in [7, 11) is 0. The smallest absolute Gasteiger partial charge is 0.324 e. The maximum absolute atomic E-state index is 12.8. The van der Waals surface area contributed by atoms with E-state index in [1.54, 1.807) is 4.90 Å². The standard InChI is InChI=1S/C22H24N2O4S/c23-21(26)17-11-13-24(14-12-17)19(25)15-28-22(27)20(16-7-3-1-4-8-16)29-18-9-5-2-6-10-18/h1-10,17,20H,11-15H2,(H2,23,26)/t20-/m1/s1. The Morgan fingerprint density at radius 1 is 1.00 bits per heavy atom. The molecule has 0 aromatic heterocycles. The fourth-order valence-corrected chi connectivity index (χ4v) is 4.27. The van der Waals surface area contributed by atoms with E-state index in [-0.39, 0.29) is 24.3 Å². The predicted octanol–water partition coefficient (Wildman–Crippen LogP) is 2.79. The second-order valence-corrected chi connectivity index (χ2v) is 8.07. The van der Waals surface area contributed by atoms with Crippen LogP contribution in [0.2, 0.25) is 0 Å². The number of hydrogen-bond acceptors (Lipinski definition) is 5. The van der Waals surface area contributed by atoms with Crippen molar-refractivity contribution in [2.75, 3.05) is 19.7 Å². The highest BCUT2D eigenvalue weighted by Crippen LogP contribution is 2.36. The van der Waals surface area contributed by atoms with E-state index in [9.17, 15) is 14.4 Å². The number of likely N-dealkylation sites (tertiary alicyclic amines) is 1. The zero-order valence-corrected chi connectivity index (χ0v) is 16.8. The molecule has 0 spiro atoms. The second-order valence-electron chi connectivity index (χ2n) is 6.89. The molecule has 7 heteroatoms. The maximum Gasteiger partial charge on any atom is 0.324 e. The number of thioether (sulfide) groups is 1. The Bertz CT molecular complexity index is 836. The van der Waals surface area contributed by atoms with Gasteiger partial charge in [-0.05, 0) is 30.5 Å². The Morgan fingerprint density at radius 2 is 1.59 bits per heavy atom. The normalized spacial score (nSPS) is 15.5. The molecule has 29 heavy (non-hydrogen) atoms. The lowest BCUT2D eigenvalue weighted by Crippen LogP contribution is -2.43. The number of rotatable bonds is 7. The highest BCUT2D eigenvalue weighted by Gasteiger charge is 2.28. The topological polar surface area (TPSA) is 89.7 Å². The lowest BCUT2D eigenvalue weighted by atomic mass is 9.96.